The standard InChI is InChI=1S/C16H28N2/c1-18(14-8-3-7-13-17)15-9-6-12-16-10-4-2-5-11-16/h2,4-5,10-11H,3,6-9,12-15,17H2,1H3. The first-order valence-electron chi connectivity index (χ1n) is 7.25. The Kier molecular flexibility index (Phi) is 8.53. The molecule has 0 atom stereocenters. The van der Waals surface area contributed by atoms with E-state index in [-0.39, 0.29) is 0 Å². The predicted molar refractivity (Wildman–Crippen MR) is 79.8 cm³/mol. The van der Waals surface area contributed by atoms with Crippen molar-refractivity contribution in [2.24, 2.45) is 5.73 Å². The zero-order valence-electron chi connectivity index (χ0n) is 11.8. The fourth-order valence-electron chi connectivity index (χ4n) is 2.17. The van der Waals surface area contributed by atoms with Gasteiger partial charge in [0, 0.05) is 0 Å². The summed E-state index contributed by atoms with van der Waals surface area (Å²) in [4.78, 5) is 2.45. The fraction of sp³-hybridized carbons (Fsp3) is 0.625. The molecule has 0 spiro atoms. The number of hydrogen-bond acceptors (Lipinski definition) is 2. The fourth-order valence-corrected chi connectivity index (χ4v) is 2.17. The van der Waals surface area contributed by atoms with Crippen molar-refractivity contribution in [3.8, 4) is 0 Å². The molecule has 1 aromatic rings. The SMILES string of the molecule is CN(CCCCCN)CCCCc1ccccc1. The van der Waals surface area contributed by atoms with Gasteiger partial charge in [-0.1, -0.05) is 36.8 Å². The van der Waals surface area contributed by atoms with Gasteiger partial charge in [-0.2, -0.15) is 0 Å². The molecule has 0 bridgehead atoms. The molecule has 0 aliphatic carbocycles. The Hall–Kier alpha value is -0.860. The van der Waals surface area contributed by atoms with E-state index < -0.39 is 0 Å². The van der Waals surface area contributed by atoms with Crippen molar-refractivity contribution in [2.75, 3.05) is 26.7 Å². The maximum atomic E-state index is 5.49. The monoisotopic (exact) mass is 248 g/mol. The Labute approximate surface area is 112 Å². The van der Waals surface area contributed by atoms with E-state index >= 15 is 0 Å². The second kappa shape index (κ2) is 10.1. The number of unbranched alkanes of at least 4 members (excludes halogenated alkanes) is 3. The van der Waals surface area contributed by atoms with Crippen LogP contribution in [0.2, 0.25) is 0 Å². The van der Waals surface area contributed by atoms with Gasteiger partial charge in [0.15, 0.2) is 0 Å². The van der Waals surface area contributed by atoms with Crippen LogP contribution in [0.25, 0.3) is 0 Å². The van der Waals surface area contributed by atoms with Crippen LogP contribution in [0, 0.1) is 0 Å². The number of nitrogens with zero attached hydrogens (tertiary/aromatic N) is 1. The van der Waals surface area contributed by atoms with Gasteiger partial charge in [0.25, 0.3) is 0 Å². The van der Waals surface area contributed by atoms with Crippen molar-refractivity contribution in [1.82, 2.24) is 4.90 Å². The molecule has 0 radical (unpaired) electrons. The van der Waals surface area contributed by atoms with Gasteiger partial charge < -0.3 is 10.6 Å². The molecule has 0 unspecified atom stereocenters. The molecule has 2 nitrogen and oxygen atoms in total. The van der Waals surface area contributed by atoms with E-state index in [0.29, 0.717) is 0 Å². The normalized spacial score (nSPS) is 11.1. The lowest BCUT2D eigenvalue weighted by molar-refractivity contribution is 0.317. The Balaban J connectivity index is 1.97. The molecule has 0 aliphatic heterocycles. The van der Waals surface area contributed by atoms with Crippen LogP contribution in [0.15, 0.2) is 30.3 Å². The van der Waals surface area contributed by atoms with E-state index in [1.807, 2.05) is 0 Å². The van der Waals surface area contributed by atoms with E-state index in [1.54, 1.807) is 0 Å². The van der Waals surface area contributed by atoms with Gasteiger partial charge in [-0.15, -0.1) is 0 Å². The van der Waals surface area contributed by atoms with E-state index in [9.17, 15) is 0 Å². The smallest absolute Gasteiger partial charge is 0.00217 e. The highest BCUT2D eigenvalue weighted by Gasteiger charge is 1.98. The zero-order chi connectivity index (χ0) is 13.1. The summed E-state index contributed by atoms with van der Waals surface area (Å²) in [6.07, 6.45) is 7.51. The lowest BCUT2D eigenvalue weighted by Crippen LogP contribution is -2.21. The molecule has 102 valence electrons. The lowest BCUT2D eigenvalue weighted by atomic mass is 10.1. The van der Waals surface area contributed by atoms with Gasteiger partial charge in [-0.3, -0.25) is 0 Å². The summed E-state index contributed by atoms with van der Waals surface area (Å²) in [5.41, 5.74) is 6.95. The molecule has 0 aliphatic rings. The van der Waals surface area contributed by atoms with Crippen molar-refractivity contribution < 1.29 is 0 Å². The van der Waals surface area contributed by atoms with Crippen LogP contribution in [0.5, 0.6) is 0 Å². The minimum Gasteiger partial charge on any atom is -0.330 e. The van der Waals surface area contributed by atoms with Gasteiger partial charge in [0.05, 0.1) is 0 Å². The minimum absolute atomic E-state index is 0.834. The molecule has 0 saturated carbocycles. The molecule has 18 heavy (non-hydrogen) atoms. The number of benzene rings is 1. The van der Waals surface area contributed by atoms with Crippen LogP contribution in [-0.2, 0) is 6.42 Å². The zero-order valence-corrected chi connectivity index (χ0v) is 11.8. The average Bonchev–Trinajstić information content (AvgIpc) is 2.41. The van der Waals surface area contributed by atoms with Crippen molar-refractivity contribution >= 4 is 0 Å². The van der Waals surface area contributed by atoms with Crippen molar-refractivity contribution in [1.29, 1.82) is 0 Å². The predicted octanol–water partition coefficient (Wildman–Crippen LogP) is 3.07. The van der Waals surface area contributed by atoms with E-state index in [0.717, 1.165) is 6.54 Å². The summed E-state index contributed by atoms with van der Waals surface area (Å²) >= 11 is 0. The largest absolute Gasteiger partial charge is 0.330 e. The van der Waals surface area contributed by atoms with Crippen LogP contribution < -0.4 is 5.73 Å². The summed E-state index contributed by atoms with van der Waals surface area (Å²) in [6.45, 7) is 3.27. The molecule has 2 heteroatoms. The maximum Gasteiger partial charge on any atom is -0.00217 e. The summed E-state index contributed by atoms with van der Waals surface area (Å²) in [5, 5.41) is 0. The Morgan fingerprint density at radius 1 is 0.889 bits per heavy atom. The first-order chi connectivity index (χ1) is 8.83. The number of rotatable bonds is 10. The first-order valence-corrected chi connectivity index (χ1v) is 7.25. The van der Waals surface area contributed by atoms with Gasteiger partial charge in [0.2, 0.25) is 0 Å². The van der Waals surface area contributed by atoms with E-state index in [2.05, 4.69) is 42.3 Å². The van der Waals surface area contributed by atoms with Gasteiger partial charge >= 0.3 is 0 Å². The third-order valence-corrected chi connectivity index (χ3v) is 3.34. The molecule has 1 aromatic carbocycles. The second-order valence-electron chi connectivity index (χ2n) is 5.10. The summed E-state index contributed by atoms with van der Waals surface area (Å²) in [5.74, 6) is 0. The van der Waals surface area contributed by atoms with Crippen LogP contribution >= 0.6 is 0 Å². The molecule has 2 N–H and O–H groups in total. The average molecular weight is 248 g/mol. The lowest BCUT2D eigenvalue weighted by Gasteiger charge is -2.16. The maximum absolute atomic E-state index is 5.49. The van der Waals surface area contributed by atoms with Crippen LogP contribution in [0.1, 0.15) is 37.7 Å². The highest BCUT2D eigenvalue weighted by Crippen LogP contribution is 2.05. The first kappa shape index (κ1) is 15.2. The Morgan fingerprint density at radius 2 is 1.56 bits per heavy atom. The number of nitrogens with two attached hydrogens (primary N) is 1. The summed E-state index contributed by atoms with van der Waals surface area (Å²) in [6, 6.07) is 10.8. The minimum atomic E-state index is 0.834. The molecule has 0 saturated heterocycles. The number of hydrogen-bond donors (Lipinski definition) is 1. The van der Waals surface area contributed by atoms with Gasteiger partial charge in [0.1, 0.15) is 0 Å². The third kappa shape index (κ3) is 7.46. The molecule has 0 aromatic heterocycles. The van der Waals surface area contributed by atoms with Gasteiger partial charge in [-0.05, 0) is 64.3 Å². The Bertz CT molecular complexity index is 284. The van der Waals surface area contributed by atoms with Crippen LogP contribution in [0.4, 0.5) is 0 Å². The van der Waals surface area contributed by atoms with Crippen molar-refractivity contribution in [3.63, 3.8) is 0 Å². The van der Waals surface area contributed by atoms with E-state index in [1.165, 1.54) is 57.2 Å². The van der Waals surface area contributed by atoms with Crippen LogP contribution in [0.3, 0.4) is 0 Å². The third-order valence-electron chi connectivity index (χ3n) is 3.34. The highest BCUT2D eigenvalue weighted by atomic mass is 15.1. The second-order valence-corrected chi connectivity index (χ2v) is 5.10. The van der Waals surface area contributed by atoms with E-state index in [4.69, 9.17) is 5.73 Å². The molecule has 1 rings (SSSR count). The molecule has 0 heterocycles. The van der Waals surface area contributed by atoms with Crippen molar-refractivity contribution in [2.45, 2.75) is 38.5 Å². The molecule has 0 amide bonds. The molecular formula is C16H28N2. The Morgan fingerprint density at radius 3 is 2.22 bits per heavy atom. The summed E-state index contributed by atoms with van der Waals surface area (Å²) < 4.78 is 0. The molecule has 0 fully saturated rings. The topological polar surface area (TPSA) is 29.3 Å². The molecular weight excluding hydrogens is 220 g/mol. The quantitative estimate of drug-likeness (QED) is 0.645. The number of aryl methyl sites for hydroxylation is 1. The summed E-state index contributed by atoms with van der Waals surface area (Å²) in [7, 11) is 2.23. The van der Waals surface area contributed by atoms with Crippen LogP contribution in [-0.4, -0.2) is 31.6 Å². The highest BCUT2D eigenvalue weighted by molar-refractivity contribution is 5.14. The van der Waals surface area contributed by atoms with Crippen molar-refractivity contribution in [3.05, 3.63) is 35.9 Å². The van der Waals surface area contributed by atoms with Gasteiger partial charge in [-0.25, -0.2) is 0 Å².